The first-order valence-corrected chi connectivity index (χ1v) is 9.31. The molecule has 0 saturated carbocycles. The molecule has 0 aliphatic heterocycles. The molecule has 2 aromatic rings. The summed E-state index contributed by atoms with van der Waals surface area (Å²) in [6, 6.07) is 15.3. The molecule has 7 heteroatoms. The molecule has 0 saturated heterocycles. The molecule has 0 aliphatic carbocycles. The monoisotopic (exact) mass is 366 g/mol. The van der Waals surface area contributed by atoms with E-state index < -0.39 is 10.0 Å². The van der Waals surface area contributed by atoms with E-state index in [-0.39, 0.29) is 23.9 Å². The fourth-order valence-electron chi connectivity index (χ4n) is 2.13. The summed E-state index contributed by atoms with van der Waals surface area (Å²) in [6.07, 6.45) is 0. The third kappa shape index (κ3) is 4.80. The molecule has 5 nitrogen and oxygen atoms in total. The summed E-state index contributed by atoms with van der Waals surface area (Å²) in [6.45, 7) is 2.02. The standard InChI is InChI=1S/C17H19ClN2O3S/c1-2-20(24(22,23)16-10-8-15(18)9-11-16)13-17(21)19-12-14-6-4-3-5-7-14/h3-11H,2,12-13H2,1H3,(H,19,21). The van der Waals surface area contributed by atoms with Gasteiger partial charge in [-0.15, -0.1) is 0 Å². The molecule has 24 heavy (non-hydrogen) atoms. The van der Waals surface area contributed by atoms with E-state index in [0.29, 0.717) is 11.6 Å². The Hall–Kier alpha value is -1.89. The number of hydrogen-bond acceptors (Lipinski definition) is 3. The zero-order chi connectivity index (χ0) is 17.6. The molecule has 0 heterocycles. The van der Waals surface area contributed by atoms with Crippen LogP contribution >= 0.6 is 11.6 Å². The average molecular weight is 367 g/mol. The van der Waals surface area contributed by atoms with Crippen molar-refractivity contribution < 1.29 is 13.2 Å². The SMILES string of the molecule is CCN(CC(=O)NCc1ccccc1)S(=O)(=O)c1ccc(Cl)cc1. The molecule has 0 unspecified atom stereocenters. The highest BCUT2D eigenvalue weighted by molar-refractivity contribution is 7.89. The minimum atomic E-state index is -3.73. The predicted molar refractivity (Wildman–Crippen MR) is 94.2 cm³/mol. The second-order valence-electron chi connectivity index (χ2n) is 5.15. The Labute approximate surface area is 147 Å². The van der Waals surface area contributed by atoms with Gasteiger partial charge in [-0.05, 0) is 29.8 Å². The van der Waals surface area contributed by atoms with Crippen LogP contribution < -0.4 is 5.32 Å². The van der Waals surface area contributed by atoms with Gasteiger partial charge in [-0.2, -0.15) is 4.31 Å². The van der Waals surface area contributed by atoms with E-state index in [1.165, 1.54) is 24.3 Å². The Morgan fingerprint density at radius 1 is 1.08 bits per heavy atom. The van der Waals surface area contributed by atoms with Crippen molar-refractivity contribution in [3.63, 3.8) is 0 Å². The Balaban J connectivity index is 2.02. The maximum Gasteiger partial charge on any atom is 0.243 e. The fourth-order valence-corrected chi connectivity index (χ4v) is 3.67. The van der Waals surface area contributed by atoms with Crippen LogP contribution in [0.3, 0.4) is 0 Å². The fraction of sp³-hybridized carbons (Fsp3) is 0.235. The molecule has 0 spiro atoms. The van der Waals surface area contributed by atoms with E-state index in [1.54, 1.807) is 6.92 Å². The largest absolute Gasteiger partial charge is 0.351 e. The molecule has 0 aromatic heterocycles. The summed E-state index contributed by atoms with van der Waals surface area (Å²) in [5.41, 5.74) is 0.953. The first-order chi connectivity index (χ1) is 11.4. The van der Waals surface area contributed by atoms with Gasteiger partial charge in [-0.3, -0.25) is 4.79 Å². The zero-order valence-corrected chi connectivity index (χ0v) is 14.8. The van der Waals surface area contributed by atoms with E-state index in [9.17, 15) is 13.2 Å². The van der Waals surface area contributed by atoms with Crippen LogP contribution in [-0.4, -0.2) is 31.7 Å². The van der Waals surface area contributed by atoms with E-state index in [2.05, 4.69) is 5.32 Å². The third-order valence-electron chi connectivity index (χ3n) is 3.46. The van der Waals surface area contributed by atoms with Crippen LogP contribution in [0.5, 0.6) is 0 Å². The van der Waals surface area contributed by atoms with E-state index in [4.69, 9.17) is 11.6 Å². The van der Waals surface area contributed by atoms with Gasteiger partial charge in [0.1, 0.15) is 0 Å². The summed E-state index contributed by atoms with van der Waals surface area (Å²) in [5.74, 6) is -0.349. The van der Waals surface area contributed by atoms with Crippen LogP contribution in [0.2, 0.25) is 5.02 Å². The van der Waals surface area contributed by atoms with Gasteiger partial charge in [0.15, 0.2) is 0 Å². The summed E-state index contributed by atoms with van der Waals surface area (Å²) >= 11 is 5.79. The van der Waals surface area contributed by atoms with Gasteiger partial charge >= 0.3 is 0 Å². The lowest BCUT2D eigenvalue weighted by Gasteiger charge is -2.20. The summed E-state index contributed by atoms with van der Waals surface area (Å²) < 4.78 is 26.3. The van der Waals surface area contributed by atoms with Crippen molar-refractivity contribution in [1.29, 1.82) is 0 Å². The van der Waals surface area contributed by atoms with Gasteiger partial charge in [-0.25, -0.2) is 8.42 Å². The number of carbonyl (C=O) groups is 1. The summed E-state index contributed by atoms with van der Waals surface area (Å²) in [4.78, 5) is 12.2. The molecular weight excluding hydrogens is 348 g/mol. The molecule has 2 rings (SSSR count). The number of likely N-dealkylation sites (N-methyl/N-ethyl adjacent to an activating group) is 1. The van der Waals surface area contributed by atoms with Crippen LogP contribution in [0.1, 0.15) is 12.5 Å². The molecule has 2 aromatic carbocycles. The number of nitrogens with one attached hydrogen (secondary N) is 1. The van der Waals surface area contributed by atoms with Gasteiger partial charge in [0, 0.05) is 18.1 Å². The Morgan fingerprint density at radius 3 is 2.29 bits per heavy atom. The number of benzene rings is 2. The Morgan fingerprint density at radius 2 is 1.71 bits per heavy atom. The third-order valence-corrected chi connectivity index (χ3v) is 5.64. The molecule has 0 bridgehead atoms. The quantitative estimate of drug-likeness (QED) is 0.819. The highest BCUT2D eigenvalue weighted by Gasteiger charge is 2.25. The molecule has 1 amide bonds. The first-order valence-electron chi connectivity index (χ1n) is 7.50. The number of amides is 1. The lowest BCUT2D eigenvalue weighted by atomic mass is 10.2. The smallest absolute Gasteiger partial charge is 0.243 e. The second-order valence-corrected chi connectivity index (χ2v) is 7.52. The molecule has 0 fully saturated rings. The van der Waals surface area contributed by atoms with Crippen molar-refractivity contribution in [3.05, 3.63) is 65.2 Å². The van der Waals surface area contributed by atoms with Crippen molar-refractivity contribution in [2.75, 3.05) is 13.1 Å². The van der Waals surface area contributed by atoms with Gasteiger partial charge in [-0.1, -0.05) is 48.9 Å². The topological polar surface area (TPSA) is 66.5 Å². The van der Waals surface area contributed by atoms with E-state index in [1.807, 2.05) is 30.3 Å². The van der Waals surface area contributed by atoms with E-state index >= 15 is 0 Å². The van der Waals surface area contributed by atoms with Crippen LogP contribution in [-0.2, 0) is 21.4 Å². The highest BCUT2D eigenvalue weighted by Crippen LogP contribution is 2.18. The van der Waals surface area contributed by atoms with Crippen LogP contribution in [0.25, 0.3) is 0 Å². The Bertz CT molecular complexity index is 777. The number of sulfonamides is 1. The Kier molecular flexibility index (Phi) is 6.36. The van der Waals surface area contributed by atoms with Gasteiger partial charge in [0.2, 0.25) is 15.9 Å². The minimum absolute atomic E-state index is 0.115. The van der Waals surface area contributed by atoms with Crippen molar-refractivity contribution >= 4 is 27.5 Å². The van der Waals surface area contributed by atoms with Gasteiger partial charge < -0.3 is 5.32 Å². The summed E-state index contributed by atoms with van der Waals surface area (Å²) in [7, 11) is -3.73. The maximum atomic E-state index is 12.6. The number of halogens is 1. The first kappa shape index (κ1) is 18.4. The molecule has 1 N–H and O–H groups in total. The number of rotatable bonds is 7. The normalized spacial score (nSPS) is 11.5. The van der Waals surface area contributed by atoms with Crippen LogP contribution in [0, 0.1) is 0 Å². The molecular formula is C17H19ClN2O3S. The number of nitrogens with zero attached hydrogens (tertiary/aromatic N) is 1. The minimum Gasteiger partial charge on any atom is -0.351 e. The lowest BCUT2D eigenvalue weighted by Crippen LogP contribution is -2.40. The second kappa shape index (κ2) is 8.28. The van der Waals surface area contributed by atoms with Crippen molar-refractivity contribution in [2.24, 2.45) is 0 Å². The summed E-state index contributed by atoms with van der Waals surface area (Å²) in [5, 5.41) is 3.19. The van der Waals surface area contributed by atoms with Crippen molar-refractivity contribution in [1.82, 2.24) is 9.62 Å². The van der Waals surface area contributed by atoms with Crippen LogP contribution in [0.15, 0.2) is 59.5 Å². The van der Waals surface area contributed by atoms with Crippen molar-refractivity contribution in [3.8, 4) is 0 Å². The lowest BCUT2D eigenvalue weighted by molar-refractivity contribution is -0.121. The van der Waals surface area contributed by atoms with Crippen LogP contribution in [0.4, 0.5) is 0 Å². The molecule has 0 radical (unpaired) electrons. The zero-order valence-electron chi connectivity index (χ0n) is 13.3. The van der Waals surface area contributed by atoms with E-state index in [0.717, 1.165) is 9.87 Å². The molecule has 128 valence electrons. The average Bonchev–Trinajstić information content (AvgIpc) is 2.59. The number of carbonyl (C=O) groups excluding carboxylic acids is 1. The van der Waals surface area contributed by atoms with Crippen molar-refractivity contribution in [2.45, 2.75) is 18.4 Å². The van der Waals surface area contributed by atoms with Gasteiger partial charge in [0.05, 0.1) is 11.4 Å². The maximum absolute atomic E-state index is 12.6. The van der Waals surface area contributed by atoms with Gasteiger partial charge in [0.25, 0.3) is 0 Å². The number of hydrogen-bond donors (Lipinski definition) is 1. The molecule has 0 aliphatic rings. The highest BCUT2D eigenvalue weighted by atomic mass is 35.5. The predicted octanol–water partition coefficient (Wildman–Crippen LogP) is 2.67. The molecule has 0 atom stereocenters.